The molecule has 2 unspecified atom stereocenters. The fourth-order valence-corrected chi connectivity index (χ4v) is 1.77. The van der Waals surface area contributed by atoms with Crippen molar-refractivity contribution in [3.63, 3.8) is 0 Å². The Hall–Kier alpha value is 0.01000. The molecule has 1 aliphatic heterocycles. The molecule has 0 aromatic heterocycles. The number of halogens is 2. The molecule has 5 heteroatoms. The summed E-state index contributed by atoms with van der Waals surface area (Å²) in [6.45, 7) is 5.27. The lowest BCUT2D eigenvalue weighted by atomic mass is 10.1. The molecule has 0 aliphatic carbocycles. The molecule has 1 fully saturated rings. The average molecular weight is 240 g/mol. The van der Waals surface area contributed by atoms with Crippen LogP contribution in [0.25, 0.3) is 0 Å². The Morgan fingerprint density at radius 1 is 1.64 bits per heavy atom. The van der Waals surface area contributed by atoms with Crippen LogP contribution in [0, 0.1) is 5.92 Å². The first-order valence-electron chi connectivity index (χ1n) is 4.78. The number of amides is 1. The molecule has 0 spiro atoms. The third kappa shape index (κ3) is 2.53. The molecule has 3 nitrogen and oxygen atoms in total. The SMILES string of the molecule is CCC(C)C1OCCN1C(=O)C(Cl)Cl. The monoisotopic (exact) mass is 239 g/mol. The van der Waals surface area contributed by atoms with Gasteiger partial charge in [0.05, 0.1) is 6.61 Å². The zero-order valence-electron chi connectivity index (χ0n) is 8.37. The van der Waals surface area contributed by atoms with Crippen molar-refractivity contribution in [3.05, 3.63) is 0 Å². The summed E-state index contributed by atoms with van der Waals surface area (Å²) in [4.78, 5) is 12.2. The van der Waals surface area contributed by atoms with E-state index in [4.69, 9.17) is 27.9 Å². The number of hydrogen-bond donors (Lipinski definition) is 0. The molecular weight excluding hydrogens is 225 g/mol. The van der Waals surface area contributed by atoms with E-state index in [-0.39, 0.29) is 12.1 Å². The normalized spacial score (nSPS) is 24.4. The van der Waals surface area contributed by atoms with E-state index in [9.17, 15) is 4.79 Å². The van der Waals surface area contributed by atoms with E-state index in [0.29, 0.717) is 19.1 Å². The standard InChI is InChI=1S/C9H15Cl2NO2/c1-3-6(2)9-12(4-5-14-9)8(13)7(10)11/h6-7,9H,3-5H2,1-2H3. The van der Waals surface area contributed by atoms with Crippen molar-refractivity contribution in [1.82, 2.24) is 4.90 Å². The molecule has 0 bridgehead atoms. The van der Waals surface area contributed by atoms with E-state index >= 15 is 0 Å². The maximum absolute atomic E-state index is 11.6. The second-order valence-electron chi connectivity index (χ2n) is 3.48. The minimum absolute atomic E-state index is 0.160. The van der Waals surface area contributed by atoms with Crippen LogP contribution in [0.5, 0.6) is 0 Å². The molecule has 1 rings (SSSR count). The lowest BCUT2D eigenvalue weighted by molar-refractivity contribution is -0.136. The van der Waals surface area contributed by atoms with Crippen molar-refractivity contribution in [2.75, 3.05) is 13.2 Å². The minimum atomic E-state index is -0.983. The molecular formula is C9H15Cl2NO2. The molecule has 1 aliphatic rings. The number of ether oxygens (including phenoxy) is 1. The van der Waals surface area contributed by atoms with E-state index in [2.05, 4.69) is 6.92 Å². The Labute approximate surface area is 94.3 Å². The molecule has 0 radical (unpaired) electrons. The molecule has 1 amide bonds. The zero-order chi connectivity index (χ0) is 10.7. The summed E-state index contributed by atoms with van der Waals surface area (Å²) in [6.07, 6.45) is 0.802. The topological polar surface area (TPSA) is 29.5 Å². The van der Waals surface area contributed by atoms with E-state index in [1.54, 1.807) is 4.90 Å². The van der Waals surface area contributed by atoms with Gasteiger partial charge in [0.2, 0.25) is 0 Å². The van der Waals surface area contributed by atoms with Crippen molar-refractivity contribution in [2.24, 2.45) is 5.92 Å². The summed E-state index contributed by atoms with van der Waals surface area (Å²) < 4.78 is 5.48. The van der Waals surface area contributed by atoms with E-state index in [1.807, 2.05) is 6.92 Å². The van der Waals surface area contributed by atoms with Gasteiger partial charge in [-0.05, 0) is 6.42 Å². The summed E-state index contributed by atoms with van der Waals surface area (Å²) in [7, 11) is 0. The number of nitrogens with zero attached hydrogens (tertiary/aromatic N) is 1. The predicted molar refractivity (Wildman–Crippen MR) is 56.4 cm³/mol. The molecule has 1 heterocycles. The van der Waals surface area contributed by atoms with Crippen LogP contribution in [-0.2, 0) is 9.53 Å². The number of carbonyl (C=O) groups is 1. The summed E-state index contributed by atoms with van der Waals surface area (Å²) >= 11 is 11.1. The second kappa shape index (κ2) is 5.19. The number of carbonyl (C=O) groups excluding carboxylic acids is 1. The third-order valence-electron chi connectivity index (χ3n) is 2.53. The van der Waals surface area contributed by atoms with Gasteiger partial charge in [-0.2, -0.15) is 0 Å². The Balaban J connectivity index is 2.63. The molecule has 82 valence electrons. The Kier molecular flexibility index (Phi) is 4.48. The lowest BCUT2D eigenvalue weighted by Gasteiger charge is -2.27. The minimum Gasteiger partial charge on any atom is -0.356 e. The first-order valence-corrected chi connectivity index (χ1v) is 5.65. The predicted octanol–water partition coefficient (Wildman–Crippen LogP) is 2.02. The third-order valence-corrected chi connectivity index (χ3v) is 2.90. The highest BCUT2D eigenvalue weighted by Crippen LogP contribution is 2.23. The van der Waals surface area contributed by atoms with Crippen LogP contribution in [0.4, 0.5) is 0 Å². The fraction of sp³-hybridized carbons (Fsp3) is 0.889. The first-order chi connectivity index (χ1) is 6.57. The maximum Gasteiger partial charge on any atom is 0.257 e. The van der Waals surface area contributed by atoms with Crippen LogP contribution in [-0.4, -0.2) is 35.0 Å². The van der Waals surface area contributed by atoms with Crippen LogP contribution in [0.1, 0.15) is 20.3 Å². The van der Waals surface area contributed by atoms with Gasteiger partial charge in [0.25, 0.3) is 5.91 Å². The van der Waals surface area contributed by atoms with Crippen molar-refractivity contribution in [3.8, 4) is 0 Å². The molecule has 0 aromatic carbocycles. The number of alkyl halides is 2. The smallest absolute Gasteiger partial charge is 0.257 e. The van der Waals surface area contributed by atoms with Gasteiger partial charge in [-0.1, -0.05) is 37.0 Å². The van der Waals surface area contributed by atoms with Crippen molar-refractivity contribution >= 4 is 29.1 Å². The summed E-state index contributed by atoms with van der Waals surface area (Å²) in [5.74, 6) is 0.0599. The zero-order valence-corrected chi connectivity index (χ0v) is 9.88. The molecule has 0 N–H and O–H groups in total. The summed E-state index contributed by atoms with van der Waals surface area (Å²) in [5, 5.41) is 0. The van der Waals surface area contributed by atoms with Gasteiger partial charge in [-0.3, -0.25) is 4.79 Å². The Morgan fingerprint density at radius 2 is 2.29 bits per heavy atom. The highest BCUT2D eigenvalue weighted by molar-refractivity contribution is 6.53. The van der Waals surface area contributed by atoms with Crippen molar-refractivity contribution in [1.29, 1.82) is 0 Å². The van der Waals surface area contributed by atoms with Gasteiger partial charge < -0.3 is 9.64 Å². The molecule has 2 atom stereocenters. The van der Waals surface area contributed by atoms with Gasteiger partial charge in [0, 0.05) is 12.5 Å². The van der Waals surface area contributed by atoms with Crippen LogP contribution < -0.4 is 0 Å². The van der Waals surface area contributed by atoms with Gasteiger partial charge in [-0.25, -0.2) is 0 Å². The van der Waals surface area contributed by atoms with Gasteiger partial charge >= 0.3 is 0 Å². The van der Waals surface area contributed by atoms with Crippen molar-refractivity contribution < 1.29 is 9.53 Å². The lowest BCUT2D eigenvalue weighted by Crippen LogP contribution is -2.42. The number of rotatable bonds is 3. The Morgan fingerprint density at radius 3 is 2.79 bits per heavy atom. The number of hydrogen-bond acceptors (Lipinski definition) is 2. The molecule has 1 saturated heterocycles. The fourth-order valence-electron chi connectivity index (χ4n) is 1.52. The van der Waals surface area contributed by atoms with Crippen LogP contribution >= 0.6 is 23.2 Å². The molecule has 0 saturated carbocycles. The van der Waals surface area contributed by atoms with E-state index < -0.39 is 4.84 Å². The van der Waals surface area contributed by atoms with Crippen LogP contribution in [0.2, 0.25) is 0 Å². The van der Waals surface area contributed by atoms with Crippen molar-refractivity contribution in [2.45, 2.75) is 31.3 Å². The van der Waals surface area contributed by atoms with Crippen LogP contribution in [0.3, 0.4) is 0 Å². The highest BCUT2D eigenvalue weighted by Gasteiger charge is 2.34. The highest BCUT2D eigenvalue weighted by atomic mass is 35.5. The van der Waals surface area contributed by atoms with Gasteiger partial charge in [-0.15, -0.1) is 0 Å². The second-order valence-corrected chi connectivity index (χ2v) is 4.58. The average Bonchev–Trinajstić information content (AvgIpc) is 2.63. The summed E-state index contributed by atoms with van der Waals surface area (Å²) in [5.41, 5.74) is 0. The first kappa shape index (κ1) is 12.1. The largest absolute Gasteiger partial charge is 0.356 e. The summed E-state index contributed by atoms with van der Waals surface area (Å²) in [6, 6.07) is 0. The van der Waals surface area contributed by atoms with Gasteiger partial charge in [0.1, 0.15) is 6.23 Å². The maximum atomic E-state index is 11.6. The van der Waals surface area contributed by atoms with E-state index in [0.717, 1.165) is 6.42 Å². The van der Waals surface area contributed by atoms with Crippen LogP contribution in [0.15, 0.2) is 0 Å². The van der Waals surface area contributed by atoms with E-state index in [1.165, 1.54) is 0 Å². The molecule has 14 heavy (non-hydrogen) atoms. The van der Waals surface area contributed by atoms with Gasteiger partial charge in [0.15, 0.2) is 4.84 Å². The quantitative estimate of drug-likeness (QED) is 0.706. The molecule has 0 aromatic rings. The Bertz CT molecular complexity index is 211.